The zero-order valence-corrected chi connectivity index (χ0v) is 6.94. The molecule has 0 atom stereocenters. The molecular weight excluding hydrogens is 189 g/mol. The van der Waals surface area contributed by atoms with E-state index in [1.54, 1.807) is 0 Å². The molecule has 0 bridgehead atoms. The van der Waals surface area contributed by atoms with Gasteiger partial charge in [-0.3, -0.25) is 5.43 Å². The Balaban J connectivity index is 2.34. The summed E-state index contributed by atoms with van der Waals surface area (Å²) in [5, 5.41) is 3.57. The predicted molar refractivity (Wildman–Crippen MR) is 45.3 cm³/mol. The van der Waals surface area contributed by atoms with Crippen molar-refractivity contribution in [2.24, 2.45) is 5.84 Å². The molecule has 72 valence electrons. The van der Waals surface area contributed by atoms with Crippen LogP contribution in [0.4, 0.5) is 10.4 Å². The van der Waals surface area contributed by atoms with Crippen molar-refractivity contribution in [3.63, 3.8) is 0 Å². The Morgan fingerprint density at radius 3 is 2.86 bits per heavy atom. The monoisotopic (exact) mass is 195 g/mol. The summed E-state index contributed by atoms with van der Waals surface area (Å²) >= 11 is 0. The number of anilines is 1. The van der Waals surface area contributed by atoms with Crippen LogP contribution in [0.3, 0.4) is 0 Å². The van der Waals surface area contributed by atoms with E-state index < -0.39 is 5.82 Å². The maximum Gasteiger partial charge on any atom is 0.335 e. The van der Waals surface area contributed by atoms with E-state index in [9.17, 15) is 4.39 Å². The number of hydrazine groups is 1. The first kappa shape index (κ1) is 8.57. The Morgan fingerprint density at radius 2 is 2.29 bits per heavy atom. The molecule has 2 aromatic rings. The highest BCUT2D eigenvalue weighted by molar-refractivity contribution is 5.49. The minimum atomic E-state index is -0.422. The summed E-state index contributed by atoms with van der Waals surface area (Å²) in [4.78, 5) is 7.60. The second-order valence-electron chi connectivity index (χ2n) is 2.43. The summed E-state index contributed by atoms with van der Waals surface area (Å²) < 4.78 is 17.2. The first-order valence-corrected chi connectivity index (χ1v) is 3.72. The fourth-order valence-corrected chi connectivity index (χ4v) is 0.894. The molecule has 0 aromatic carbocycles. The van der Waals surface area contributed by atoms with Crippen LogP contribution in [0.1, 0.15) is 0 Å². The fraction of sp³-hybridized carbons (Fsp3) is 0. The molecule has 0 saturated carbocycles. The van der Waals surface area contributed by atoms with E-state index in [-0.39, 0.29) is 11.8 Å². The van der Waals surface area contributed by atoms with Gasteiger partial charge in [-0.25, -0.2) is 15.2 Å². The molecule has 0 amide bonds. The highest BCUT2D eigenvalue weighted by Gasteiger charge is 2.08. The van der Waals surface area contributed by atoms with Crippen molar-refractivity contribution in [3.8, 4) is 11.5 Å². The van der Waals surface area contributed by atoms with Crippen LogP contribution in [0.5, 0.6) is 0 Å². The number of nitrogens with zero attached hydrogens (tertiary/aromatic N) is 3. The SMILES string of the molecule is NNc1nc(-c2ccc(F)cn2)no1. The van der Waals surface area contributed by atoms with Crippen LogP contribution < -0.4 is 11.3 Å². The van der Waals surface area contributed by atoms with Gasteiger partial charge >= 0.3 is 6.01 Å². The van der Waals surface area contributed by atoms with Gasteiger partial charge in [0.05, 0.1) is 6.20 Å². The summed E-state index contributed by atoms with van der Waals surface area (Å²) in [5.74, 6) is 4.86. The van der Waals surface area contributed by atoms with Gasteiger partial charge in [-0.2, -0.15) is 4.98 Å². The van der Waals surface area contributed by atoms with Crippen molar-refractivity contribution < 1.29 is 8.91 Å². The van der Waals surface area contributed by atoms with Crippen LogP contribution in [0.2, 0.25) is 0 Å². The fourth-order valence-electron chi connectivity index (χ4n) is 0.894. The van der Waals surface area contributed by atoms with Crippen LogP contribution >= 0.6 is 0 Å². The smallest absolute Gasteiger partial charge is 0.314 e. The molecule has 2 heterocycles. The van der Waals surface area contributed by atoms with Gasteiger partial charge in [0.2, 0.25) is 5.82 Å². The molecule has 0 aliphatic rings. The number of aromatic nitrogens is 3. The lowest BCUT2D eigenvalue weighted by Crippen LogP contribution is -2.06. The van der Waals surface area contributed by atoms with E-state index in [1.165, 1.54) is 12.1 Å². The molecule has 0 radical (unpaired) electrons. The predicted octanol–water partition coefficient (Wildman–Crippen LogP) is 0.556. The molecule has 0 aliphatic heterocycles. The Hall–Kier alpha value is -2.02. The standard InChI is InChI=1S/C7H6FN5O/c8-4-1-2-5(10-3-4)6-11-7(12-9)14-13-6/h1-3H,9H2,(H,11,12,13). The Kier molecular flexibility index (Phi) is 2.07. The van der Waals surface area contributed by atoms with E-state index >= 15 is 0 Å². The van der Waals surface area contributed by atoms with Crippen molar-refractivity contribution in [1.29, 1.82) is 0 Å². The lowest BCUT2D eigenvalue weighted by Gasteiger charge is -1.91. The second-order valence-corrected chi connectivity index (χ2v) is 2.43. The topological polar surface area (TPSA) is 89.9 Å². The Morgan fingerprint density at radius 1 is 1.43 bits per heavy atom. The van der Waals surface area contributed by atoms with Gasteiger partial charge < -0.3 is 4.52 Å². The number of nitrogens with two attached hydrogens (primary N) is 1. The zero-order chi connectivity index (χ0) is 9.97. The molecule has 7 heteroatoms. The van der Waals surface area contributed by atoms with Gasteiger partial charge in [0.15, 0.2) is 0 Å². The van der Waals surface area contributed by atoms with Crippen molar-refractivity contribution in [1.82, 2.24) is 15.1 Å². The van der Waals surface area contributed by atoms with Gasteiger partial charge in [-0.15, -0.1) is 0 Å². The molecule has 0 spiro atoms. The third-order valence-corrected chi connectivity index (χ3v) is 1.51. The highest BCUT2D eigenvalue weighted by Crippen LogP contribution is 2.14. The number of hydrogen-bond acceptors (Lipinski definition) is 6. The number of rotatable bonds is 2. The summed E-state index contributed by atoms with van der Waals surface area (Å²) in [6.45, 7) is 0. The molecule has 0 aliphatic carbocycles. The summed E-state index contributed by atoms with van der Waals surface area (Å²) in [5.41, 5.74) is 2.60. The van der Waals surface area contributed by atoms with Gasteiger partial charge in [0, 0.05) is 0 Å². The average molecular weight is 195 g/mol. The second kappa shape index (κ2) is 3.38. The normalized spacial score (nSPS) is 10.1. The first-order chi connectivity index (χ1) is 6.79. The number of halogens is 1. The van der Waals surface area contributed by atoms with E-state index in [1.807, 2.05) is 0 Å². The molecule has 0 unspecified atom stereocenters. The van der Waals surface area contributed by atoms with E-state index in [2.05, 4.69) is 25.1 Å². The number of pyridine rings is 1. The lowest BCUT2D eigenvalue weighted by molar-refractivity contribution is 0.432. The first-order valence-electron chi connectivity index (χ1n) is 3.72. The van der Waals surface area contributed by atoms with Crippen molar-refractivity contribution in [2.75, 3.05) is 5.43 Å². The molecule has 0 saturated heterocycles. The number of hydrogen-bond donors (Lipinski definition) is 2. The molecule has 2 aromatic heterocycles. The average Bonchev–Trinajstić information content (AvgIpc) is 2.67. The van der Waals surface area contributed by atoms with Crippen LogP contribution in [-0.2, 0) is 0 Å². The third kappa shape index (κ3) is 1.52. The molecule has 2 rings (SSSR count). The van der Waals surface area contributed by atoms with Gasteiger partial charge in [0.1, 0.15) is 11.5 Å². The van der Waals surface area contributed by atoms with Crippen molar-refractivity contribution in [2.45, 2.75) is 0 Å². The van der Waals surface area contributed by atoms with E-state index in [4.69, 9.17) is 5.84 Å². The molecule has 6 nitrogen and oxygen atoms in total. The van der Waals surface area contributed by atoms with E-state index in [0.29, 0.717) is 5.69 Å². The lowest BCUT2D eigenvalue weighted by atomic mass is 10.3. The van der Waals surface area contributed by atoms with Gasteiger partial charge in [-0.1, -0.05) is 5.16 Å². The highest BCUT2D eigenvalue weighted by atomic mass is 19.1. The van der Waals surface area contributed by atoms with Gasteiger partial charge in [-0.05, 0) is 12.1 Å². The molecule has 14 heavy (non-hydrogen) atoms. The van der Waals surface area contributed by atoms with Gasteiger partial charge in [0.25, 0.3) is 0 Å². The minimum absolute atomic E-state index is 0.0751. The maximum atomic E-state index is 12.5. The molecule has 0 fully saturated rings. The van der Waals surface area contributed by atoms with E-state index in [0.717, 1.165) is 6.20 Å². The maximum absolute atomic E-state index is 12.5. The van der Waals surface area contributed by atoms with Crippen LogP contribution in [-0.4, -0.2) is 15.1 Å². The summed E-state index contributed by atoms with van der Waals surface area (Å²) in [6, 6.07) is 2.78. The number of nitrogens with one attached hydrogen (secondary N) is 1. The van der Waals surface area contributed by atoms with Crippen LogP contribution in [0.15, 0.2) is 22.9 Å². The zero-order valence-electron chi connectivity index (χ0n) is 6.94. The summed E-state index contributed by atoms with van der Waals surface area (Å²) in [6.07, 6.45) is 1.07. The molecule has 3 N–H and O–H groups in total. The van der Waals surface area contributed by atoms with Crippen LogP contribution in [0, 0.1) is 5.82 Å². The van der Waals surface area contributed by atoms with Crippen molar-refractivity contribution >= 4 is 6.01 Å². The van der Waals surface area contributed by atoms with Crippen LogP contribution in [0.25, 0.3) is 11.5 Å². The minimum Gasteiger partial charge on any atom is -0.314 e. The number of nitrogen functional groups attached to an aromatic ring is 1. The third-order valence-electron chi connectivity index (χ3n) is 1.51. The Labute approximate surface area is 77.9 Å². The largest absolute Gasteiger partial charge is 0.335 e. The molecular formula is C7H6FN5O. The summed E-state index contributed by atoms with van der Waals surface area (Å²) in [7, 11) is 0. The van der Waals surface area contributed by atoms with Crippen molar-refractivity contribution in [3.05, 3.63) is 24.1 Å². The Bertz CT molecular complexity index is 426. The quantitative estimate of drug-likeness (QED) is 0.537.